The van der Waals surface area contributed by atoms with Crippen molar-refractivity contribution in [2.45, 2.75) is 20.0 Å². The number of carbonyl (C=O) groups is 2. The van der Waals surface area contributed by atoms with Crippen LogP contribution in [0.1, 0.15) is 19.0 Å². The Hall–Kier alpha value is -1.67. The summed E-state index contributed by atoms with van der Waals surface area (Å²) in [6, 6.07) is -0.300. The third-order valence-electron chi connectivity index (χ3n) is 3.35. The van der Waals surface area contributed by atoms with Crippen molar-refractivity contribution < 1.29 is 19.4 Å². The Morgan fingerprint density at radius 3 is 3.00 bits per heavy atom. The van der Waals surface area contributed by atoms with E-state index in [1.807, 2.05) is 12.3 Å². The number of carboxylic acid groups (broad SMARTS) is 1. The van der Waals surface area contributed by atoms with Crippen LogP contribution in [-0.2, 0) is 16.1 Å². The fourth-order valence-electron chi connectivity index (χ4n) is 2.45. The number of amides is 2. The molecule has 0 radical (unpaired) electrons. The van der Waals surface area contributed by atoms with Crippen LogP contribution in [0.3, 0.4) is 0 Å². The van der Waals surface area contributed by atoms with E-state index in [0.717, 1.165) is 5.69 Å². The standard InChI is InChI=1S/C13H19N3O4S/c1-8-3-9(11(17)18)5-16(4-8)13(19)15-12-14-10(6-20-2)7-21-12/h7-9H,3-6H2,1-2H3,(H,17,18)(H,14,15,19). The lowest BCUT2D eigenvalue weighted by Gasteiger charge is -2.34. The zero-order chi connectivity index (χ0) is 15.4. The van der Waals surface area contributed by atoms with E-state index >= 15 is 0 Å². The van der Waals surface area contributed by atoms with Gasteiger partial charge in [0.15, 0.2) is 5.13 Å². The summed E-state index contributed by atoms with van der Waals surface area (Å²) in [5.41, 5.74) is 0.758. The number of rotatable bonds is 4. The maximum atomic E-state index is 12.2. The van der Waals surface area contributed by atoms with Crippen molar-refractivity contribution in [3.05, 3.63) is 11.1 Å². The lowest BCUT2D eigenvalue weighted by molar-refractivity contribution is -0.143. The van der Waals surface area contributed by atoms with E-state index in [2.05, 4.69) is 10.3 Å². The summed E-state index contributed by atoms with van der Waals surface area (Å²) in [4.78, 5) is 29.1. The average molecular weight is 313 g/mol. The summed E-state index contributed by atoms with van der Waals surface area (Å²) in [5.74, 6) is -1.18. The molecule has 0 aromatic carbocycles. The number of urea groups is 1. The quantitative estimate of drug-likeness (QED) is 0.885. The molecule has 2 unspecified atom stereocenters. The van der Waals surface area contributed by atoms with E-state index in [9.17, 15) is 9.59 Å². The van der Waals surface area contributed by atoms with E-state index in [0.29, 0.717) is 24.7 Å². The van der Waals surface area contributed by atoms with E-state index < -0.39 is 11.9 Å². The SMILES string of the molecule is COCc1csc(NC(=O)N2CC(C)CC(C(=O)O)C2)n1. The van der Waals surface area contributed by atoms with Gasteiger partial charge < -0.3 is 14.7 Å². The lowest BCUT2D eigenvalue weighted by Crippen LogP contribution is -2.47. The Morgan fingerprint density at radius 1 is 1.57 bits per heavy atom. The second-order valence-corrected chi connectivity index (χ2v) is 6.15. The minimum absolute atomic E-state index is 0.172. The first kappa shape index (κ1) is 15.7. The summed E-state index contributed by atoms with van der Waals surface area (Å²) in [7, 11) is 1.58. The molecule has 1 aromatic rings. The van der Waals surface area contributed by atoms with Crippen LogP contribution in [0.25, 0.3) is 0 Å². The van der Waals surface area contributed by atoms with E-state index in [4.69, 9.17) is 9.84 Å². The van der Waals surface area contributed by atoms with Crippen LogP contribution in [0.4, 0.5) is 9.93 Å². The zero-order valence-corrected chi connectivity index (χ0v) is 12.9. The second-order valence-electron chi connectivity index (χ2n) is 5.29. The molecular weight excluding hydrogens is 294 g/mol. The molecule has 2 atom stereocenters. The molecule has 8 heteroatoms. The molecule has 2 amide bonds. The molecule has 1 aliphatic rings. The Bertz CT molecular complexity index is 519. The molecule has 0 bridgehead atoms. The van der Waals surface area contributed by atoms with Crippen molar-refractivity contribution in [2.24, 2.45) is 11.8 Å². The van der Waals surface area contributed by atoms with Crippen molar-refractivity contribution in [3.63, 3.8) is 0 Å². The number of thiazole rings is 1. The first-order valence-electron chi connectivity index (χ1n) is 6.71. The maximum Gasteiger partial charge on any atom is 0.323 e. The first-order valence-corrected chi connectivity index (χ1v) is 7.59. The Balaban J connectivity index is 1.96. The number of hydrogen-bond donors (Lipinski definition) is 2. The zero-order valence-electron chi connectivity index (χ0n) is 12.0. The summed E-state index contributed by atoms with van der Waals surface area (Å²) >= 11 is 1.32. The largest absolute Gasteiger partial charge is 0.481 e. The van der Waals surface area contributed by atoms with Crippen molar-refractivity contribution >= 4 is 28.5 Å². The highest BCUT2D eigenvalue weighted by Crippen LogP contribution is 2.23. The van der Waals surface area contributed by atoms with Gasteiger partial charge in [-0.25, -0.2) is 9.78 Å². The van der Waals surface area contributed by atoms with Crippen LogP contribution in [-0.4, -0.2) is 47.2 Å². The number of likely N-dealkylation sites (tertiary alicyclic amines) is 1. The highest BCUT2D eigenvalue weighted by atomic mass is 32.1. The number of aromatic nitrogens is 1. The van der Waals surface area contributed by atoms with Gasteiger partial charge >= 0.3 is 12.0 Å². The molecule has 1 aromatic heterocycles. The van der Waals surface area contributed by atoms with Crippen molar-refractivity contribution in [3.8, 4) is 0 Å². The second kappa shape index (κ2) is 6.86. The number of methoxy groups -OCH3 is 1. The topological polar surface area (TPSA) is 91.8 Å². The van der Waals surface area contributed by atoms with Crippen LogP contribution >= 0.6 is 11.3 Å². The average Bonchev–Trinajstić information content (AvgIpc) is 2.85. The van der Waals surface area contributed by atoms with Crippen LogP contribution in [0.15, 0.2) is 5.38 Å². The molecule has 0 spiro atoms. The van der Waals surface area contributed by atoms with E-state index in [1.54, 1.807) is 12.0 Å². The van der Waals surface area contributed by atoms with Gasteiger partial charge in [0.25, 0.3) is 0 Å². The molecule has 21 heavy (non-hydrogen) atoms. The van der Waals surface area contributed by atoms with Gasteiger partial charge in [-0.1, -0.05) is 6.92 Å². The molecule has 1 aliphatic heterocycles. The summed E-state index contributed by atoms with van der Waals surface area (Å²) in [6.07, 6.45) is 0.606. The minimum Gasteiger partial charge on any atom is -0.481 e. The highest BCUT2D eigenvalue weighted by molar-refractivity contribution is 7.13. The molecule has 2 rings (SSSR count). The lowest BCUT2D eigenvalue weighted by atomic mass is 9.91. The Morgan fingerprint density at radius 2 is 2.33 bits per heavy atom. The Labute approximate surface area is 126 Å². The van der Waals surface area contributed by atoms with E-state index in [-0.39, 0.29) is 18.5 Å². The third-order valence-corrected chi connectivity index (χ3v) is 4.16. The third kappa shape index (κ3) is 4.15. The van der Waals surface area contributed by atoms with E-state index in [1.165, 1.54) is 11.3 Å². The normalized spacial score (nSPS) is 22.1. The molecular formula is C13H19N3O4S. The minimum atomic E-state index is -0.851. The van der Waals surface area contributed by atoms with Gasteiger partial charge in [0.05, 0.1) is 18.2 Å². The smallest absolute Gasteiger partial charge is 0.323 e. The van der Waals surface area contributed by atoms with Crippen LogP contribution in [0, 0.1) is 11.8 Å². The van der Waals surface area contributed by atoms with Crippen molar-refractivity contribution in [2.75, 3.05) is 25.5 Å². The number of nitrogens with one attached hydrogen (secondary N) is 1. The van der Waals surface area contributed by atoms with Crippen LogP contribution in [0.2, 0.25) is 0 Å². The number of carbonyl (C=O) groups excluding carboxylic acids is 1. The van der Waals surface area contributed by atoms with Gasteiger partial charge in [0.2, 0.25) is 0 Å². The monoisotopic (exact) mass is 313 g/mol. The number of ether oxygens (including phenoxy) is 1. The molecule has 0 saturated carbocycles. The predicted molar refractivity (Wildman–Crippen MR) is 78.3 cm³/mol. The van der Waals surface area contributed by atoms with Gasteiger partial charge in [-0.05, 0) is 12.3 Å². The molecule has 116 valence electrons. The molecule has 1 saturated heterocycles. The number of aliphatic carboxylic acids is 1. The maximum absolute atomic E-state index is 12.2. The van der Waals surface area contributed by atoms with Gasteiger partial charge in [0.1, 0.15) is 0 Å². The molecule has 0 aliphatic carbocycles. The summed E-state index contributed by atoms with van der Waals surface area (Å²) in [6.45, 7) is 3.15. The van der Waals surface area contributed by atoms with Gasteiger partial charge in [-0.3, -0.25) is 10.1 Å². The molecule has 1 fully saturated rings. The number of nitrogens with zero attached hydrogens (tertiary/aromatic N) is 2. The number of carboxylic acids is 1. The number of piperidine rings is 1. The fourth-order valence-corrected chi connectivity index (χ4v) is 3.13. The molecule has 2 heterocycles. The predicted octanol–water partition coefficient (Wildman–Crippen LogP) is 1.86. The van der Waals surface area contributed by atoms with Crippen LogP contribution in [0.5, 0.6) is 0 Å². The van der Waals surface area contributed by atoms with Gasteiger partial charge in [0, 0.05) is 25.6 Å². The molecule has 7 nitrogen and oxygen atoms in total. The van der Waals surface area contributed by atoms with Crippen LogP contribution < -0.4 is 5.32 Å². The van der Waals surface area contributed by atoms with Crippen molar-refractivity contribution in [1.82, 2.24) is 9.88 Å². The first-order chi connectivity index (χ1) is 9.99. The molecule has 2 N–H and O–H groups in total. The Kier molecular flexibility index (Phi) is 5.13. The summed E-state index contributed by atoms with van der Waals surface area (Å²) in [5, 5.41) is 14.2. The fraction of sp³-hybridized carbons (Fsp3) is 0.615. The van der Waals surface area contributed by atoms with Gasteiger partial charge in [-0.15, -0.1) is 11.3 Å². The summed E-state index contributed by atoms with van der Waals surface area (Å²) < 4.78 is 4.97. The highest BCUT2D eigenvalue weighted by Gasteiger charge is 2.32. The number of anilines is 1. The van der Waals surface area contributed by atoms with Gasteiger partial charge in [-0.2, -0.15) is 0 Å². The van der Waals surface area contributed by atoms with Crippen molar-refractivity contribution in [1.29, 1.82) is 0 Å². The number of hydrogen-bond acceptors (Lipinski definition) is 5.